The van der Waals surface area contributed by atoms with E-state index in [0.717, 1.165) is 12.1 Å². The van der Waals surface area contributed by atoms with Gasteiger partial charge in [-0.15, -0.1) is 0 Å². The zero-order valence-corrected chi connectivity index (χ0v) is 9.34. The molecule has 1 rings (SSSR count). The van der Waals surface area contributed by atoms with Crippen molar-refractivity contribution in [2.75, 3.05) is 0 Å². The molecule has 6 nitrogen and oxygen atoms in total. The Morgan fingerprint density at radius 1 is 0.867 bits per heavy atom. The van der Waals surface area contributed by atoms with Gasteiger partial charge in [0.15, 0.2) is 0 Å². The van der Waals surface area contributed by atoms with E-state index in [0.29, 0.717) is 6.07 Å². The minimum Gasteiger partial charge on any atom is -0.282 e. The number of hydrogen-bond donors (Lipinski definition) is 2. The van der Waals surface area contributed by atoms with Gasteiger partial charge in [0.1, 0.15) is 0 Å². The molecular formula is C6H5ClO6S2. The molecular weight excluding hydrogens is 268 g/mol. The zero-order chi connectivity index (χ0) is 11.9. The molecule has 0 atom stereocenters. The summed E-state index contributed by atoms with van der Waals surface area (Å²) >= 11 is 5.41. The van der Waals surface area contributed by atoms with Gasteiger partial charge in [0.25, 0.3) is 20.2 Å². The second-order valence-electron chi connectivity index (χ2n) is 2.57. The van der Waals surface area contributed by atoms with Crippen LogP contribution in [0.4, 0.5) is 0 Å². The highest BCUT2D eigenvalue weighted by Gasteiger charge is 2.17. The molecule has 0 radical (unpaired) electrons. The Kier molecular flexibility index (Phi) is 3.08. The van der Waals surface area contributed by atoms with Gasteiger partial charge in [-0.3, -0.25) is 9.11 Å². The Labute approximate surface area is 91.0 Å². The molecule has 0 amide bonds. The molecule has 9 heteroatoms. The van der Waals surface area contributed by atoms with Crippen LogP contribution in [-0.4, -0.2) is 25.9 Å². The first-order valence-electron chi connectivity index (χ1n) is 3.36. The number of hydrogen-bond acceptors (Lipinski definition) is 4. The van der Waals surface area contributed by atoms with Crippen molar-refractivity contribution >= 4 is 31.8 Å². The molecule has 1 aromatic carbocycles. The average molecular weight is 273 g/mol. The van der Waals surface area contributed by atoms with Crippen LogP contribution in [0.15, 0.2) is 28.0 Å². The van der Waals surface area contributed by atoms with Crippen molar-refractivity contribution in [3.05, 3.63) is 23.2 Å². The van der Waals surface area contributed by atoms with Crippen LogP contribution in [0.25, 0.3) is 0 Å². The molecule has 0 aliphatic carbocycles. The van der Waals surface area contributed by atoms with Gasteiger partial charge in [-0.25, -0.2) is 0 Å². The monoisotopic (exact) mass is 272 g/mol. The van der Waals surface area contributed by atoms with E-state index in [2.05, 4.69) is 0 Å². The van der Waals surface area contributed by atoms with Crippen molar-refractivity contribution in [2.45, 2.75) is 9.79 Å². The fraction of sp³-hybridized carbons (Fsp3) is 0. The molecule has 0 aliphatic heterocycles. The lowest BCUT2D eigenvalue weighted by Crippen LogP contribution is -2.03. The first-order chi connectivity index (χ1) is 6.60. The lowest BCUT2D eigenvalue weighted by molar-refractivity contribution is 0.481. The number of rotatable bonds is 2. The molecule has 0 heterocycles. The van der Waals surface area contributed by atoms with Crippen LogP contribution in [0.3, 0.4) is 0 Å². The molecule has 0 spiro atoms. The second kappa shape index (κ2) is 3.72. The molecule has 0 unspecified atom stereocenters. The third-order valence-corrected chi connectivity index (χ3v) is 3.32. The lowest BCUT2D eigenvalue weighted by atomic mass is 10.4. The highest BCUT2D eigenvalue weighted by Crippen LogP contribution is 2.21. The quantitative estimate of drug-likeness (QED) is 0.772. The topological polar surface area (TPSA) is 109 Å². The molecule has 0 aliphatic rings. The Morgan fingerprint density at radius 2 is 1.20 bits per heavy atom. The Balaban J connectivity index is 3.57. The average Bonchev–Trinajstić information content (AvgIpc) is 1.99. The molecule has 0 aromatic heterocycles. The van der Waals surface area contributed by atoms with Crippen molar-refractivity contribution in [3.8, 4) is 0 Å². The van der Waals surface area contributed by atoms with Gasteiger partial charge < -0.3 is 0 Å². The van der Waals surface area contributed by atoms with Gasteiger partial charge in [0.2, 0.25) is 0 Å². The van der Waals surface area contributed by atoms with Crippen LogP contribution in [-0.2, 0) is 20.2 Å². The van der Waals surface area contributed by atoms with Gasteiger partial charge in [-0.2, -0.15) is 16.8 Å². The molecule has 0 saturated carbocycles. The summed E-state index contributed by atoms with van der Waals surface area (Å²) in [6.07, 6.45) is 0. The van der Waals surface area contributed by atoms with E-state index in [1.807, 2.05) is 0 Å². The fourth-order valence-corrected chi connectivity index (χ4v) is 2.38. The van der Waals surface area contributed by atoms with Crippen molar-refractivity contribution in [1.82, 2.24) is 0 Å². The number of benzene rings is 1. The smallest absolute Gasteiger partial charge is 0.282 e. The first kappa shape index (κ1) is 12.4. The van der Waals surface area contributed by atoms with Crippen LogP contribution in [0.1, 0.15) is 0 Å². The molecule has 0 saturated heterocycles. The first-order valence-corrected chi connectivity index (χ1v) is 6.62. The van der Waals surface area contributed by atoms with E-state index >= 15 is 0 Å². The molecule has 15 heavy (non-hydrogen) atoms. The summed E-state index contributed by atoms with van der Waals surface area (Å²) in [7, 11) is -9.14. The summed E-state index contributed by atoms with van der Waals surface area (Å²) in [4.78, 5) is -1.41. The summed E-state index contributed by atoms with van der Waals surface area (Å²) in [5, 5.41) is -0.238. The van der Waals surface area contributed by atoms with Gasteiger partial charge >= 0.3 is 0 Å². The SMILES string of the molecule is O=S(=O)(O)c1cc(Cl)cc(S(=O)(=O)O)c1. The molecule has 1 aromatic rings. The highest BCUT2D eigenvalue weighted by atomic mass is 35.5. The van der Waals surface area contributed by atoms with Crippen molar-refractivity contribution in [1.29, 1.82) is 0 Å². The van der Waals surface area contributed by atoms with Gasteiger partial charge in [0, 0.05) is 5.02 Å². The molecule has 84 valence electrons. The maximum atomic E-state index is 10.7. The van der Waals surface area contributed by atoms with E-state index < -0.39 is 30.0 Å². The van der Waals surface area contributed by atoms with E-state index in [9.17, 15) is 16.8 Å². The second-order valence-corrected chi connectivity index (χ2v) is 5.85. The Hall–Kier alpha value is -0.670. The third kappa shape index (κ3) is 3.14. The molecule has 2 N–H and O–H groups in total. The summed E-state index contributed by atoms with van der Waals surface area (Å²) in [5.41, 5.74) is 0. The largest absolute Gasteiger partial charge is 0.294 e. The molecule has 0 bridgehead atoms. The van der Waals surface area contributed by atoms with Crippen LogP contribution in [0, 0.1) is 0 Å². The standard InChI is InChI=1S/C6H5ClO6S2/c7-4-1-5(14(8,9)10)3-6(2-4)15(11,12)13/h1-3H,(H,8,9,10)(H,11,12,13). The normalized spacial score (nSPS) is 12.7. The third-order valence-electron chi connectivity index (χ3n) is 1.44. The van der Waals surface area contributed by atoms with Crippen molar-refractivity contribution in [3.63, 3.8) is 0 Å². The maximum absolute atomic E-state index is 10.7. The summed E-state index contributed by atoms with van der Waals surface area (Å²) < 4.78 is 60.0. The molecule has 0 fully saturated rings. The zero-order valence-electron chi connectivity index (χ0n) is 6.95. The predicted molar refractivity (Wildman–Crippen MR) is 51.1 cm³/mol. The van der Waals surface area contributed by atoms with Gasteiger partial charge in [0.05, 0.1) is 9.79 Å². The predicted octanol–water partition coefficient (Wildman–Crippen LogP) is 0.833. The van der Waals surface area contributed by atoms with Gasteiger partial charge in [-0.1, -0.05) is 11.6 Å². The lowest BCUT2D eigenvalue weighted by Gasteiger charge is -2.01. The van der Waals surface area contributed by atoms with E-state index in [-0.39, 0.29) is 5.02 Å². The van der Waals surface area contributed by atoms with Crippen LogP contribution >= 0.6 is 11.6 Å². The van der Waals surface area contributed by atoms with Crippen molar-refractivity contribution < 1.29 is 25.9 Å². The summed E-state index contributed by atoms with van der Waals surface area (Å²) in [5.74, 6) is 0. The van der Waals surface area contributed by atoms with E-state index in [1.165, 1.54) is 0 Å². The Morgan fingerprint density at radius 3 is 1.47 bits per heavy atom. The fourth-order valence-electron chi connectivity index (χ4n) is 0.835. The van der Waals surface area contributed by atoms with E-state index in [4.69, 9.17) is 20.7 Å². The van der Waals surface area contributed by atoms with Crippen molar-refractivity contribution in [2.24, 2.45) is 0 Å². The maximum Gasteiger partial charge on any atom is 0.294 e. The summed E-state index contributed by atoms with van der Waals surface area (Å²) in [6.45, 7) is 0. The summed E-state index contributed by atoms with van der Waals surface area (Å²) in [6, 6.07) is 2.30. The number of halogens is 1. The minimum absolute atomic E-state index is 0.238. The Bertz CT molecular complexity index is 538. The van der Waals surface area contributed by atoms with Crippen LogP contribution in [0.5, 0.6) is 0 Å². The van der Waals surface area contributed by atoms with E-state index in [1.54, 1.807) is 0 Å². The van der Waals surface area contributed by atoms with Crippen LogP contribution in [0.2, 0.25) is 5.02 Å². The highest BCUT2D eigenvalue weighted by molar-refractivity contribution is 7.86. The van der Waals surface area contributed by atoms with Gasteiger partial charge in [-0.05, 0) is 18.2 Å². The van der Waals surface area contributed by atoms with Crippen LogP contribution < -0.4 is 0 Å². The minimum atomic E-state index is -4.57.